The molecule has 0 fully saturated rings. The molecule has 0 bridgehead atoms. The summed E-state index contributed by atoms with van der Waals surface area (Å²) < 4.78 is 0. The summed E-state index contributed by atoms with van der Waals surface area (Å²) >= 11 is 0. The lowest BCUT2D eigenvalue weighted by molar-refractivity contribution is 0.500. The molecule has 0 aliphatic carbocycles. The quantitative estimate of drug-likeness (QED) is 0.658. The third-order valence-electron chi connectivity index (χ3n) is 3.78. The smallest absolute Gasteiger partial charge is 0.0360 e. The van der Waals surface area contributed by atoms with E-state index in [1.807, 2.05) is 0 Å². The average molecular weight is 273 g/mol. The minimum atomic E-state index is 0.177. The first kappa shape index (κ1) is 17.0. The Balaban J connectivity index is 3.09. The third-order valence-corrected chi connectivity index (χ3v) is 3.78. The highest BCUT2D eigenvalue weighted by atomic mass is 14.9. The Hall–Kier alpha value is -1.08. The van der Waals surface area contributed by atoms with Crippen LogP contribution in [-0.4, -0.2) is 6.54 Å². The third kappa shape index (κ3) is 4.79. The van der Waals surface area contributed by atoms with E-state index in [9.17, 15) is 0 Å². The van der Waals surface area contributed by atoms with Gasteiger partial charge in [-0.25, -0.2) is 0 Å². The van der Waals surface area contributed by atoms with E-state index >= 15 is 0 Å². The lowest BCUT2D eigenvalue weighted by Crippen LogP contribution is -2.26. The van der Waals surface area contributed by atoms with Gasteiger partial charge in [-0.2, -0.15) is 0 Å². The Morgan fingerprint density at radius 3 is 2.40 bits per heavy atom. The fourth-order valence-corrected chi connectivity index (χ4v) is 2.53. The Kier molecular flexibility index (Phi) is 6.48. The zero-order valence-electron chi connectivity index (χ0n) is 13.9. The molecule has 1 N–H and O–H groups in total. The molecular formula is C19H31N. The van der Waals surface area contributed by atoms with Crippen LogP contribution >= 0.6 is 0 Å². The van der Waals surface area contributed by atoms with Crippen LogP contribution in [0.1, 0.15) is 71.0 Å². The van der Waals surface area contributed by atoms with Crippen molar-refractivity contribution in [1.82, 2.24) is 5.32 Å². The highest BCUT2D eigenvalue weighted by Crippen LogP contribution is 2.32. The standard InChI is InChI=1S/C19H31N/c1-7-13-20-18(14-15(3)8-2)16-11-9-10-12-17(16)19(4,5)6/h9-12,18,20H,3,7-8,13-14H2,1-2,4-6H3. The molecule has 1 heteroatoms. The first-order valence-electron chi connectivity index (χ1n) is 7.89. The molecule has 20 heavy (non-hydrogen) atoms. The molecule has 0 spiro atoms. The Labute approximate surface area is 125 Å². The summed E-state index contributed by atoms with van der Waals surface area (Å²) in [6.07, 6.45) is 3.25. The minimum Gasteiger partial charge on any atom is -0.310 e. The molecule has 0 aliphatic rings. The molecule has 1 nitrogen and oxygen atoms in total. The summed E-state index contributed by atoms with van der Waals surface area (Å²) in [5, 5.41) is 3.70. The van der Waals surface area contributed by atoms with E-state index in [2.05, 4.69) is 70.8 Å². The van der Waals surface area contributed by atoms with Crippen LogP contribution in [-0.2, 0) is 5.41 Å². The van der Waals surface area contributed by atoms with Crippen molar-refractivity contribution in [2.45, 2.75) is 65.3 Å². The Bertz CT molecular complexity index is 426. The predicted molar refractivity (Wildman–Crippen MR) is 90.2 cm³/mol. The molecule has 0 aromatic heterocycles. The van der Waals surface area contributed by atoms with Gasteiger partial charge < -0.3 is 5.32 Å². The zero-order chi connectivity index (χ0) is 15.2. The summed E-state index contributed by atoms with van der Waals surface area (Å²) in [6, 6.07) is 9.23. The van der Waals surface area contributed by atoms with Gasteiger partial charge in [0.15, 0.2) is 0 Å². The van der Waals surface area contributed by atoms with Crippen molar-refractivity contribution in [2.24, 2.45) is 0 Å². The van der Waals surface area contributed by atoms with Crippen molar-refractivity contribution in [3.05, 3.63) is 47.5 Å². The highest BCUT2D eigenvalue weighted by Gasteiger charge is 2.22. The molecule has 0 amide bonds. The van der Waals surface area contributed by atoms with Crippen LogP contribution in [0.3, 0.4) is 0 Å². The zero-order valence-corrected chi connectivity index (χ0v) is 13.9. The summed E-state index contributed by atoms with van der Waals surface area (Å²) in [5.74, 6) is 0. The number of hydrogen-bond donors (Lipinski definition) is 1. The highest BCUT2D eigenvalue weighted by molar-refractivity contribution is 5.36. The average Bonchev–Trinajstić information content (AvgIpc) is 2.42. The molecule has 1 unspecified atom stereocenters. The van der Waals surface area contributed by atoms with Crippen LogP contribution in [0.4, 0.5) is 0 Å². The van der Waals surface area contributed by atoms with Crippen molar-refractivity contribution in [3.8, 4) is 0 Å². The van der Waals surface area contributed by atoms with Gasteiger partial charge in [0.2, 0.25) is 0 Å². The lowest BCUT2D eigenvalue weighted by atomic mass is 9.80. The first-order valence-corrected chi connectivity index (χ1v) is 7.89. The summed E-state index contributed by atoms with van der Waals surface area (Å²) in [5.41, 5.74) is 4.37. The van der Waals surface area contributed by atoms with E-state index in [0.29, 0.717) is 6.04 Å². The fourth-order valence-electron chi connectivity index (χ4n) is 2.53. The molecule has 0 heterocycles. The van der Waals surface area contributed by atoms with Gasteiger partial charge in [0.1, 0.15) is 0 Å². The second-order valence-electron chi connectivity index (χ2n) is 6.65. The predicted octanol–water partition coefficient (Wildman–Crippen LogP) is 5.38. The summed E-state index contributed by atoms with van der Waals surface area (Å²) in [6.45, 7) is 16.5. The maximum absolute atomic E-state index is 4.20. The topological polar surface area (TPSA) is 12.0 Å². The van der Waals surface area contributed by atoms with Crippen LogP contribution in [0.5, 0.6) is 0 Å². The number of hydrogen-bond acceptors (Lipinski definition) is 1. The van der Waals surface area contributed by atoms with E-state index in [0.717, 1.165) is 25.8 Å². The van der Waals surface area contributed by atoms with E-state index in [4.69, 9.17) is 0 Å². The molecule has 1 aromatic carbocycles. The van der Waals surface area contributed by atoms with E-state index in [1.165, 1.54) is 16.7 Å². The van der Waals surface area contributed by atoms with Gasteiger partial charge in [-0.3, -0.25) is 0 Å². The van der Waals surface area contributed by atoms with Crippen molar-refractivity contribution in [1.29, 1.82) is 0 Å². The van der Waals surface area contributed by atoms with E-state index < -0.39 is 0 Å². The van der Waals surface area contributed by atoms with Crippen LogP contribution < -0.4 is 5.32 Å². The molecule has 0 aliphatic heterocycles. The molecule has 1 atom stereocenters. The number of nitrogens with one attached hydrogen (secondary N) is 1. The monoisotopic (exact) mass is 273 g/mol. The largest absolute Gasteiger partial charge is 0.310 e. The van der Waals surface area contributed by atoms with Gasteiger partial charge in [-0.15, -0.1) is 0 Å². The van der Waals surface area contributed by atoms with E-state index in [-0.39, 0.29) is 5.41 Å². The second-order valence-corrected chi connectivity index (χ2v) is 6.65. The molecule has 0 saturated heterocycles. The molecule has 112 valence electrons. The van der Waals surface area contributed by atoms with Crippen molar-refractivity contribution in [2.75, 3.05) is 6.54 Å². The number of benzene rings is 1. The Morgan fingerprint density at radius 2 is 1.85 bits per heavy atom. The Morgan fingerprint density at radius 1 is 1.20 bits per heavy atom. The van der Waals surface area contributed by atoms with Crippen LogP contribution in [0.15, 0.2) is 36.4 Å². The molecule has 0 saturated carbocycles. The van der Waals surface area contributed by atoms with Crippen molar-refractivity contribution in [3.63, 3.8) is 0 Å². The molecule has 0 radical (unpaired) electrons. The molecule has 1 rings (SSSR count). The summed E-state index contributed by atoms with van der Waals surface area (Å²) in [7, 11) is 0. The van der Waals surface area contributed by atoms with Gasteiger partial charge in [0.25, 0.3) is 0 Å². The van der Waals surface area contributed by atoms with Crippen LogP contribution in [0, 0.1) is 0 Å². The maximum atomic E-state index is 4.20. The van der Waals surface area contributed by atoms with Gasteiger partial charge in [-0.05, 0) is 42.3 Å². The normalized spacial score (nSPS) is 13.2. The lowest BCUT2D eigenvalue weighted by Gasteiger charge is -2.28. The van der Waals surface area contributed by atoms with Crippen molar-refractivity contribution >= 4 is 0 Å². The van der Waals surface area contributed by atoms with Gasteiger partial charge >= 0.3 is 0 Å². The first-order chi connectivity index (χ1) is 9.40. The fraction of sp³-hybridized carbons (Fsp3) is 0.579. The van der Waals surface area contributed by atoms with Gasteiger partial charge in [-0.1, -0.05) is 71.0 Å². The van der Waals surface area contributed by atoms with E-state index in [1.54, 1.807) is 0 Å². The van der Waals surface area contributed by atoms with Gasteiger partial charge in [0, 0.05) is 6.04 Å². The number of rotatable bonds is 7. The molecule has 1 aromatic rings. The van der Waals surface area contributed by atoms with Crippen LogP contribution in [0.2, 0.25) is 0 Å². The summed E-state index contributed by atoms with van der Waals surface area (Å²) in [4.78, 5) is 0. The second kappa shape index (κ2) is 7.64. The van der Waals surface area contributed by atoms with Crippen molar-refractivity contribution < 1.29 is 0 Å². The SMILES string of the molecule is C=C(CC)CC(NCCC)c1ccccc1C(C)(C)C. The van der Waals surface area contributed by atoms with Crippen LogP contribution in [0.25, 0.3) is 0 Å². The van der Waals surface area contributed by atoms with Gasteiger partial charge in [0.05, 0.1) is 0 Å². The molecular weight excluding hydrogens is 242 g/mol. The maximum Gasteiger partial charge on any atom is 0.0360 e. The minimum absolute atomic E-state index is 0.177.